The number of sulfonamides is 1. The molecule has 1 N–H and O–H groups in total. The summed E-state index contributed by atoms with van der Waals surface area (Å²) in [7, 11) is -2.63. The smallest absolute Gasteiger partial charge is 0.263 e. The zero-order valence-electron chi connectivity index (χ0n) is 16.9. The Labute approximate surface area is 184 Å². The highest BCUT2D eigenvalue weighted by Gasteiger charge is 2.22. The number of hydrogen-bond donors (Lipinski definition) is 1. The lowest BCUT2D eigenvalue weighted by Gasteiger charge is -2.13. The molecule has 0 unspecified atom stereocenters. The lowest BCUT2D eigenvalue weighted by atomic mass is 10.1. The van der Waals surface area contributed by atoms with Crippen LogP contribution in [0.1, 0.15) is 29.9 Å². The minimum atomic E-state index is -4.08. The summed E-state index contributed by atoms with van der Waals surface area (Å²) in [6.45, 7) is 3.66. The molecule has 31 heavy (non-hydrogen) atoms. The number of methoxy groups -OCH3 is 1. The number of hydrogen-bond acceptors (Lipinski definition) is 8. The van der Waals surface area contributed by atoms with Crippen LogP contribution in [0.2, 0.25) is 5.02 Å². The van der Waals surface area contributed by atoms with E-state index in [1.807, 2.05) is 13.8 Å². The summed E-state index contributed by atoms with van der Waals surface area (Å²) >= 11 is 5.98. The molecule has 0 aliphatic carbocycles. The van der Waals surface area contributed by atoms with Crippen LogP contribution in [-0.2, 0) is 10.0 Å². The van der Waals surface area contributed by atoms with E-state index in [4.69, 9.17) is 21.1 Å². The van der Waals surface area contributed by atoms with E-state index in [0.717, 1.165) is 6.20 Å². The van der Waals surface area contributed by atoms with Gasteiger partial charge in [-0.2, -0.15) is 0 Å². The fourth-order valence-electron chi connectivity index (χ4n) is 2.51. The number of nitrogens with zero attached hydrogens (tertiary/aromatic N) is 3. The maximum absolute atomic E-state index is 12.9. The van der Waals surface area contributed by atoms with Gasteiger partial charge in [-0.15, -0.1) is 0 Å². The van der Waals surface area contributed by atoms with Crippen LogP contribution in [0, 0.1) is 0 Å². The monoisotopic (exact) mass is 462 g/mol. The average molecular weight is 463 g/mol. The molecular weight excluding hydrogens is 444 g/mol. The highest BCUT2D eigenvalue weighted by molar-refractivity contribution is 7.92. The van der Waals surface area contributed by atoms with E-state index in [2.05, 4.69) is 19.7 Å². The van der Waals surface area contributed by atoms with Crippen molar-refractivity contribution in [1.29, 1.82) is 0 Å². The van der Waals surface area contributed by atoms with Gasteiger partial charge in [0.1, 0.15) is 10.6 Å². The summed E-state index contributed by atoms with van der Waals surface area (Å²) in [5, 5.41) is 0.154. The first-order valence-corrected chi connectivity index (χ1v) is 10.9. The molecule has 3 aromatic heterocycles. The highest BCUT2D eigenvalue weighted by atomic mass is 35.5. The van der Waals surface area contributed by atoms with Gasteiger partial charge in [-0.3, -0.25) is 9.52 Å². The van der Waals surface area contributed by atoms with Crippen LogP contribution < -0.4 is 14.2 Å². The molecule has 0 spiro atoms. The predicted molar refractivity (Wildman–Crippen MR) is 114 cm³/mol. The maximum Gasteiger partial charge on any atom is 0.263 e. The molecule has 3 heterocycles. The third-order valence-corrected chi connectivity index (χ3v) is 5.45. The molecule has 162 valence electrons. The van der Waals surface area contributed by atoms with Crippen molar-refractivity contribution in [1.82, 2.24) is 15.0 Å². The van der Waals surface area contributed by atoms with Gasteiger partial charge in [0.25, 0.3) is 10.0 Å². The van der Waals surface area contributed by atoms with Crippen molar-refractivity contribution in [2.75, 3.05) is 11.8 Å². The minimum Gasteiger partial charge on any atom is -0.481 e. The third kappa shape index (κ3) is 5.47. The second-order valence-corrected chi connectivity index (χ2v) is 8.69. The zero-order valence-corrected chi connectivity index (χ0v) is 18.4. The van der Waals surface area contributed by atoms with Crippen LogP contribution in [0.3, 0.4) is 0 Å². The first-order valence-electron chi connectivity index (χ1n) is 9.05. The average Bonchev–Trinajstić information content (AvgIpc) is 2.73. The van der Waals surface area contributed by atoms with Crippen LogP contribution >= 0.6 is 11.6 Å². The molecule has 3 rings (SSSR count). The van der Waals surface area contributed by atoms with E-state index in [-0.39, 0.29) is 33.0 Å². The van der Waals surface area contributed by atoms with Crippen molar-refractivity contribution < 1.29 is 22.7 Å². The second kappa shape index (κ2) is 9.27. The number of rotatable bonds is 8. The Kier molecular flexibility index (Phi) is 6.71. The SMILES string of the molecule is COc1ccc(C(=O)c2ncc(Cl)cc2NS(=O)(=O)c2ccc(OC(C)C)nc2)cn1. The molecule has 9 nitrogen and oxygen atoms in total. The molecule has 0 amide bonds. The largest absolute Gasteiger partial charge is 0.481 e. The van der Waals surface area contributed by atoms with Crippen molar-refractivity contribution in [2.45, 2.75) is 24.8 Å². The van der Waals surface area contributed by atoms with Crippen LogP contribution in [0.5, 0.6) is 11.8 Å². The topological polar surface area (TPSA) is 120 Å². The fourth-order valence-corrected chi connectivity index (χ4v) is 3.67. The Morgan fingerprint density at radius 2 is 1.74 bits per heavy atom. The Hall–Kier alpha value is -3.24. The molecule has 0 bridgehead atoms. The zero-order chi connectivity index (χ0) is 22.6. The Balaban J connectivity index is 1.91. The summed E-state index contributed by atoms with van der Waals surface area (Å²) in [5.41, 5.74) is -0.00332. The van der Waals surface area contributed by atoms with E-state index >= 15 is 0 Å². The molecule has 0 saturated heterocycles. The molecular formula is C20H19ClN4O5S. The Morgan fingerprint density at radius 3 is 2.32 bits per heavy atom. The Morgan fingerprint density at radius 1 is 1.03 bits per heavy atom. The van der Waals surface area contributed by atoms with Crippen LogP contribution in [0.25, 0.3) is 0 Å². The summed E-state index contributed by atoms with van der Waals surface area (Å²) in [5.74, 6) is 0.0866. The number of nitrogens with one attached hydrogen (secondary N) is 1. The number of anilines is 1. The van der Waals surface area contributed by atoms with Crippen molar-refractivity contribution in [3.8, 4) is 11.8 Å². The highest BCUT2D eigenvalue weighted by Crippen LogP contribution is 2.25. The molecule has 11 heteroatoms. The van der Waals surface area contributed by atoms with Gasteiger partial charge < -0.3 is 9.47 Å². The van der Waals surface area contributed by atoms with Gasteiger partial charge in [-0.05, 0) is 32.0 Å². The molecule has 0 aliphatic heterocycles. The first-order chi connectivity index (χ1) is 14.7. The van der Waals surface area contributed by atoms with Crippen LogP contribution in [-0.4, -0.2) is 42.4 Å². The van der Waals surface area contributed by atoms with Gasteiger partial charge >= 0.3 is 0 Å². The van der Waals surface area contributed by atoms with E-state index < -0.39 is 15.8 Å². The van der Waals surface area contributed by atoms with Crippen molar-refractivity contribution >= 4 is 33.1 Å². The number of carbonyl (C=O) groups excluding carboxylic acids is 1. The molecule has 3 aromatic rings. The summed E-state index contributed by atoms with van der Waals surface area (Å²) < 4.78 is 38.4. The van der Waals surface area contributed by atoms with Gasteiger partial charge in [0.2, 0.25) is 17.5 Å². The number of aromatic nitrogens is 3. The molecule has 0 atom stereocenters. The van der Waals surface area contributed by atoms with Gasteiger partial charge in [-0.1, -0.05) is 11.6 Å². The maximum atomic E-state index is 12.9. The molecule has 0 fully saturated rings. The summed E-state index contributed by atoms with van der Waals surface area (Å²) in [6, 6.07) is 7.11. The number of pyridine rings is 3. The quantitative estimate of drug-likeness (QED) is 0.506. The van der Waals surface area contributed by atoms with Crippen molar-refractivity contribution in [2.24, 2.45) is 0 Å². The van der Waals surface area contributed by atoms with Gasteiger partial charge in [0, 0.05) is 30.1 Å². The number of carbonyl (C=O) groups is 1. The Bertz CT molecular complexity index is 1180. The lowest BCUT2D eigenvalue weighted by molar-refractivity contribution is 0.103. The minimum absolute atomic E-state index is 0.0733. The third-order valence-electron chi connectivity index (χ3n) is 3.90. The predicted octanol–water partition coefficient (Wildman–Crippen LogP) is 3.35. The van der Waals surface area contributed by atoms with E-state index in [0.29, 0.717) is 11.8 Å². The van der Waals surface area contributed by atoms with E-state index in [1.54, 1.807) is 0 Å². The second-order valence-electron chi connectivity index (χ2n) is 6.57. The van der Waals surface area contributed by atoms with Crippen molar-refractivity contribution in [3.05, 3.63) is 65.2 Å². The van der Waals surface area contributed by atoms with Gasteiger partial charge in [0.05, 0.1) is 30.1 Å². The van der Waals surface area contributed by atoms with Crippen molar-refractivity contribution in [3.63, 3.8) is 0 Å². The molecule has 0 aromatic carbocycles. The standard InChI is InChI=1S/C20H19ClN4O5S/c1-12(2)30-18-7-5-15(11-23-18)31(27,28)25-16-8-14(21)10-24-19(16)20(26)13-4-6-17(29-3)22-9-13/h4-12,25H,1-3H3. The lowest BCUT2D eigenvalue weighted by Crippen LogP contribution is -2.17. The number of halogens is 1. The van der Waals surface area contributed by atoms with E-state index in [9.17, 15) is 13.2 Å². The number of ether oxygens (including phenoxy) is 2. The molecule has 0 saturated carbocycles. The van der Waals surface area contributed by atoms with Crippen LogP contribution in [0.4, 0.5) is 5.69 Å². The van der Waals surface area contributed by atoms with E-state index in [1.165, 1.54) is 49.8 Å². The fraction of sp³-hybridized carbons (Fsp3) is 0.200. The molecule has 0 aliphatic rings. The van der Waals surface area contributed by atoms with Crippen LogP contribution in [0.15, 0.2) is 53.8 Å². The van der Waals surface area contributed by atoms with Gasteiger partial charge in [0.15, 0.2) is 0 Å². The molecule has 0 radical (unpaired) electrons. The van der Waals surface area contributed by atoms with Gasteiger partial charge in [-0.25, -0.2) is 23.4 Å². The normalized spacial score (nSPS) is 11.3. The number of ketones is 1. The first kappa shape index (κ1) is 22.4. The summed E-state index contributed by atoms with van der Waals surface area (Å²) in [4.78, 5) is 24.8. The summed E-state index contributed by atoms with van der Waals surface area (Å²) in [6.07, 6.45) is 3.62.